The molecular formula is C38H54O2. The number of fused-ring (bicyclic) bond motifs is 7. The van der Waals surface area contributed by atoms with Crippen LogP contribution >= 0.6 is 0 Å². The van der Waals surface area contributed by atoms with Crippen molar-refractivity contribution in [3.05, 3.63) is 66.8 Å². The summed E-state index contributed by atoms with van der Waals surface area (Å²) in [5.41, 5.74) is 4.66. The van der Waals surface area contributed by atoms with E-state index < -0.39 is 5.97 Å². The van der Waals surface area contributed by atoms with Crippen molar-refractivity contribution in [2.75, 3.05) is 0 Å². The van der Waals surface area contributed by atoms with E-state index in [4.69, 9.17) is 0 Å². The average Bonchev–Trinajstić information content (AvgIpc) is 3.34. The predicted molar refractivity (Wildman–Crippen MR) is 168 cm³/mol. The van der Waals surface area contributed by atoms with Crippen LogP contribution in [0, 0.1) is 50.7 Å². The minimum absolute atomic E-state index is 0.0762. The molecule has 0 aromatic heterocycles. The highest BCUT2D eigenvalue weighted by Crippen LogP contribution is 2.77. The molecule has 1 aromatic rings. The number of aromatic carboxylic acids is 1. The van der Waals surface area contributed by atoms with Gasteiger partial charge in [0.2, 0.25) is 0 Å². The molecule has 0 spiro atoms. The molecule has 0 saturated heterocycles. The Kier molecular flexibility index (Phi) is 7.37. The Balaban J connectivity index is 0.00000103. The number of hydrogen-bond acceptors (Lipinski definition) is 1. The summed E-state index contributed by atoms with van der Waals surface area (Å²) >= 11 is 0. The Morgan fingerprint density at radius 3 is 2.15 bits per heavy atom. The molecule has 2 unspecified atom stereocenters. The molecule has 4 saturated carbocycles. The second-order valence-electron chi connectivity index (χ2n) is 15.4. The molecule has 1 aromatic carbocycles. The third-order valence-corrected chi connectivity index (χ3v) is 13.9. The van der Waals surface area contributed by atoms with Gasteiger partial charge in [0.05, 0.1) is 5.56 Å². The Morgan fingerprint density at radius 2 is 1.52 bits per heavy atom. The third-order valence-electron chi connectivity index (χ3n) is 13.9. The number of allylic oxidation sites excluding steroid dienone is 4. The van der Waals surface area contributed by atoms with E-state index in [0.29, 0.717) is 33.1 Å². The lowest BCUT2D eigenvalue weighted by atomic mass is 9.32. The summed E-state index contributed by atoms with van der Waals surface area (Å²) in [7, 11) is 0. The van der Waals surface area contributed by atoms with Gasteiger partial charge < -0.3 is 5.11 Å². The van der Waals surface area contributed by atoms with Crippen molar-refractivity contribution >= 4 is 11.5 Å². The standard InChI is InChI=1S/C35H48O2.C3H6/c1-7-35-18-8-9-27(35)26-14-15-29-32(4)19-16-25(23-10-12-24(13-11-23)30(36)37)31(2,3)28(32)17-20-34(29,6)33(26,5)21-22-35;1-3-2/h7,10-13,16,26-29H,1,8-9,14-15,17-22H2,2-6H3,(H,36,37);3H,1H2,2H3/t26-,27-,28?,29?,32+,33-,34-,35-;/m1./s1. The molecule has 0 amide bonds. The van der Waals surface area contributed by atoms with E-state index in [0.717, 1.165) is 24.2 Å². The lowest BCUT2D eigenvalue weighted by molar-refractivity contribution is -0.218. The summed E-state index contributed by atoms with van der Waals surface area (Å²) in [6.07, 6.45) is 20.2. The summed E-state index contributed by atoms with van der Waals surface area (Å²) in [5.74, 6) is 2.29. The Bertz CT molecular complexity index is 1190. The first-order chi connectivity index (χ1) is 18.8. The SMILES string of the molecule is C=CC.C=C[C@]12CCC[C@@H]1[C@H]1CCC3[C@@]4(C)CC=C(c5ccc(C(=O)O)cc5)C(C)(C)C4CC[C@@]3(C)[C@]1(C)CC2. The van der Waals surface area contributed by atoms with Gasteiger partial charge in [-0.3, -0.25) is 0 Å². The molecule has 2 heteroatoms. The fourth-order valence-electron chi connectivity index (χ4n) is 11.9. The topological polar surface area (TPSA) is 37.3 Å². The maximum absolute atomic E-state index is 11.4. The average molecular weight is 543 g/mol. The normalized spacial score (nSPS) is 42.9. The van der Waals surface area contributed by atoms with Gasteiger partial charge in [-0.2, -0.15) is 0 Å². The molecule has 218 valence electrons. The maximum atomic E-state index is 11.4. The van der Waals surface area contributed by atoms with Crippen LogP contribution < -0.4 is 0 Å². The van der Waals surface area contributed by atoms with Crippen LogP contribution in [0.15, 0.2) is 55.7 Å². The Morgan fingerprint density at radius 1 is 0.850 bits per heavy atom. The van der Waals surface area contributed by atoms with Crippen molar-refractivity contribution in [3.63, 3.8) is 0 Å². The maximum Gasteiger partial charge on any atom is 0.335 e. The predicted octanol–water partition coefficient (Wildman–Crippen LogP) is 10.6. The first-order valence-electron chi connectivity index (χ1n) is 16.1. The van der Waals surface area contributed by atoms with Gasteiger partial charge in [-0.05, 0) is 139 Å². The molecule has 0 bridgehead atoms. The first-order valence-corrected chi connectivity index (χ1v) is 16.1. The molecule has 4 fully saturated rings. The smallest absolute Gasteiger partial charge is 0.335 e. The molecule has 6 rings (SSSR count). The van der Waals surface area contributed by atoms with Crippen LogP contribution in [0.25, 0.3) is 5.57 Å². The highest BCUT2D eigenvalue weighted by molar-refractivity contribution is 5.88. The number of benzene rings is 1. The van der Waals surface area contributed by atoms with E-state index in [-0.39, 0.29) is 5.41 Å². The van der Waals surface area contributed by atoms with Crippen LogP contribution in [0.1, 0.15) is 122 Å². The second kappa shape index (κ2) is 10.0. The van der Waals surface area contributed by atoms with E-state index in [1.807, 2.05) is 19.1 Å². The molecule has 5 aliphatic rings. The van der Waals surface area contributed by atoms with Gasteiger partial charge in [-0.15, -0.1) is 13.2 Å². The molecule has 0 aliphatic heterocycles. The Labute approximate surface area is 244 Å². The minimum Gasteiger partial charge on any atom is -0.478 e. The fraction of sp³-hybridized carbons (Fsp3) is 0.658. The quantitative estimate of drug-likeness (QED) is 0.386. The summed E-state index contributed by atoms with van der Waals surface area (Å²) in [5, 5.41) is 9.37. The van der Waals surface area contributed by atoms with Crippen molar-refractivity contribution in [2.24, 2.45) is 50.7 Å². The van der Waals surface area contributed by atoms with Crippen LogP contribution in [0.3, 0.4) is 0 Å². The summed E-state index contributed by atoms with van der Waals surface area (Å²) in [4.78, 5) is 11.4. The van der Waals surface area contributed by atoms with Gasteiger partial charge in [0.1, 0.15) is 0 Å². The monoisotopic (exact) mass is 542 g/mol. The zero-order valence-electron chi connectivity index (χ0n) is 26.2. The lowest BCUT2D eigenvalue weighted by Gasteiger charge is -2.72. The van der Waals surface area contributed by atoms with E-state index in [9.17, 15) is 9.90 Å². The van der Waals surface area contributed by atoms with Gasteiger partial charge >= 0.3 is 5.97 Å². The highest BCUT2D eigenvalue weighted by Gasteiger charge is 2.69. The molecule has 0 radical (unpaired) electrons. The van der Waals surface area contributed by atoms with Gasteiger partial charge in [-0.25, -0.2) is 4.79 Å². The van der Waals surface area contributed by atoms with Crippen LogP contribution in [-0.4, -0.2) is 11.1 Å². The molecule has 0 heterocycles. The van der Waals surface area contributed by atoms with Gasteiger partial charge in [0.15, 0.2) is 0 Å². The molecular weight excluding hydrogens is 488 g/mol. The van der Waals surface area contributed by atoms with Crippen molar-refractivity contribution in [1.82, 2.24) is 0 Å². The first kappa shape index (κ1) is 29.4. The van der Waals surface area contributed by atoms with Gasteiger partial charge in [0.25, 0.3) is 0 Å². The fourth-order valence-corrected chi connectivity index (χ4v) is 11.9. The van der Waals surface area contributed by atoms with Crippen molar-refractivity contribution in [3.8, 4) is 0 Å². The van der Waals surface area contributed by atoms with Crippen LogP contribution in [0.5, 0.6) is 0 Å². The van der Waals surface area contributed by atoms with Gasteiger partial charge in [-0.1, -0.05) is 71.4 Å². The third kappa shape index (κ3) is 3.98. The van der Waals surface area contributed by atoms with E-state index >= 15 is 0 Å². The lowest BCUT2D eigenvalue weighted by Crippen LogP contribution is -2.64. The largest absolute Gasteiger partial charge is 0.478 e. The Hall–Kier alpha value is -2.09. The summed E-state index contributed by atoms with van der Waals surface area (Å²) < 4.78 is 0. The molecule has 40 heavy (non-hydrogen) atoms. The van der Waals surface area contributed by atoms with Crippen LogP contribution in [0.2, 0.25) is 0 Å². The molecule has 8 atom stereocenters. The van der Waals surface area contributed by atoms with Gasteiger partial charge in [0, 0.05) is 0 Å². The zero-order chi connectivity index (χ0) is 29.1. The summed E-state index contributed by atoms with van der Waals surface area (Å²) in [6, 6.07) is 7.62. The minimum atomic E-state index is -0.850. The molecule has 2 nitrogen and oxygen atoms in total. The number of rotatable bonds is 3. The van der Waals surface area contributed by atoms with E-state index in [1.165, 1.54) is 68.9 Å². The zero-order valence-corrected chi connectivity index (χ0v) is 26.2. The van der Waals surface area contributed by atoms with Crippen LogP contribution in [-0.2, 0) is 0 Å². The van der Waals surface area contributed by atoms with E-state index in [1.54, 1.807) is 18.2 Å². The number of carbonyl (C=O) groups is 1. The molecule has 5 aliphatic carbocycles. The van der Waals surface area contributed by atoms with Crippen molar-refractivity contribution in [1.29, 1.82) is 0 Å². The highest BCUT2D eigenvalue weighted by atomic mass is 16.4. The van der Waals surface area contributed by atoms with Crippen LogP contribution in [0.4, 0.5) is 0 Å². The van der Waals surface area contributed by atoms with Crippen molar-refractivity contribution < 1.29 is 9.90 Å². The summed E-state index contributed by atoms with van der Waals surface area (Å²) in [6.45, 7) is 22.7. The van der Waals surface area contributed by atoms with E-state index in [2.05, 4.69) is 59.9 Å². The number of carboxylic acid groups (broad SMARTS) is 1. The number of carboxylic acids is 1. The molecule has 1 N–H and O–H groups in total. The second-order valence-corrected chi connectivity index (χ2v) is 15.4. The van der Waals surface area contributed by atoms with Crippen molar-refractivity contribution in [2.45, 2.75) is 106 Å². The number of hydrogen-bond donors (Lipinski definition) is 1.